The second kappa shape index (κ2) is 4.93. The molecule has 0 bridgehead atoms. The van der Waals surface area contributed by atoms with Gasteiger partial charge in [-0.25, -0.2) is 4.98 Å². The molecule has 0 aliphatic carbocycles. The van der Waals surface area contributed by atoms with E-state index >= 15 is 0 Å². The maximum absolute atomic E-state index is 11.8. The molecule has 0 unspecified atom stereocenters. The molecule has 1 aromatic heterocycles. The Balaban J connectivity index is 2.25. The van der Waals surface area contributed by atoms with Crippen LogP contribution in [-0.4, -0.2) is 21.1 Å². The summed E-state index contributed by atoms with van der Waals surface area (Å²) in [6.45, 7) is 0. The summed E-state index contributed by atoms with van der Waals surface area (Å²) in [7, 11) is 0. The number of rotatable bonds is 2. The maximum atomic E-state index is 11.8. The molecular formula is C12H9ClN2O3. The molecule has 1 amide bonds. The van der Waals surface area contributed by atoms with E-state index in [9.17, 15) is 15.0 Å². The number of aromatic nitrogens is 1. The van der Waals surface area contributed by atoms with E-state index in [1.165, 1.54) is 36.5 Å². The minimum Gasteiger partial charge on any atom is -0.507 e. The molecule has 18 heavy (non-hydrogen) atoms. The largest absolute Gasteiger partial charge is 0.507 e. The fourth-order valence-corrected chi connectivity index (χ4v) is 1.53. The molecule has 0 atom stereocenters. The van der Waals surface area contributed by atoms with Gasteiger partial charge >= 0.3 is 0 Å². The number of nitrogens with one attached hydrogen (secondary N) is 1. The Labute approximate surface area is 108 Å². The molecule has 1 aromatic carbocycles. The molecule has 0 saturated heterocycles. The zero-order chi connectivity index (χ0) is 13.1. The quantitative estimate of drug-likeness (QED) is 0.778. The van der Waals surface area contributed by atoms with Crippen LogP contribution in [0.15, 0.2) is 36.5 Å². The maximum Gasteiger partial charge on any atom is 0.260 e. The van der Waals surface area contributed by atoms with Gasteiger partial charge in [0.1, 0.15) is 5.75 Å². The number of phenolic OH excluding ortho intramolecular Hbond substituents is 1. The van der Waals surface area contributed by atoms with Crippen LogP contribution in [0.1, 0.15) is 10.4 Å². The van der Waals surface area contributed by atoms with Crippen LogP contribution in [0, 0.1) is 0 Å². The molecule has 3 N–H and O–H groups in total. The van der Waals surface area contributed by atoms with Crippen molar-refractivity contribution in [3.05, 3.63) is 47.1 Å². The standard InChI is InChI=1S/C12H9ClN2O3/c13-7-3-4-8(10(17)6-7)12(18)15-11-9(16)2-1-5-14-11/h1-6,16-17H,(H,14,15,18). The molecule has 0 radical (unpaired) electrons. The molecule has 1 heterocycles. The molecule has 0 saturated carbocycles. The summed E-state index contributed by atoms with van der Waals surface area (Å²) >= 11 is 5.66. The Morgan fingerprint density at radius 1 is 1.22 bits per heavy atom. The average Bonchev–Trinajstić information content (AvgIpc) is 2.32. The number of carbonyl (C=O) groups excluding carboxylic acids is 1. The highest BCUT2D eigenvalue weighted by Crippen LogP contribution is 2.24. The molecule has 0 aliphatic heterocycles. The third-order valence-corrected chi connectivity index (χ3v) is 2.46. The van der Waals surface area contributed by atoms with Crippen LogP contribution in [0.25, 0.3) is 0 Å². The minimum absolute atomic E-state index is 0.0249. The molecule has 0 fully saturated rings. The lowest BCUT2D eigenvalue weighted by atomic mass is 10.2. The summed E-state index contributed by atoms with van der Waals surface area (Å²) in [4.78, 5) is 15.6. The average molecular weight is 265 g/mol. The van der Waals surface area contributed by atoms with Crippen LogP contribution in [0.5, 0.6) is 11.5 Å². The predicted molar refractivity (Wildman–Crippen MR) is 67.0 cm³/mol. The van der Waals surface area contributed by atoms with Gasteiger partial charge in [0, 0.05) is 11.2 Å². The van der Waals surface area contributed by atoms with E-state index in [-0.39, 0.29) is 22.9 Å². The van der Waals surface area contributed by atoms with Crippen LogP contribution in [0.2, 0.25) is 5.02 Å². The lowest BCUT2D eigenvalue weighted by Crippen LogP contribution is -2.13. The van der Waals surface area contributed by atoms with Crippen molar-refractivity contribution in [2.24, 2.45) is 0 Å². The highest BCUT2D eigenvalue weighted by molar-refractivity contribution is 6.30. The van der Waals surface area contributed by atoms with Gasteiger partial charge in [-0.05, 0) is 30.3 Å². The third kappa shape index (κ3) is 2.52. The van der Waals surface area contributed by atoms with Gasteiger partial charge < -0.3 is 15.5 Å². The van der Waals surface area contributed by atoms with Crippen molar-refractivity contribution in [3.8, 4) is 11.5 Å². The smallest absolute Gasteiger partial charge is 0.260 e. The van der Waals surface area contributed by atoms with Crippen molar-refractivity contribution >= 4 is 23.3 Å². The number of hydrogen-bond acceptors (Lipinski definition) is 4. The second-order valence-corrected chi connectivity index (χ2v) is 3.92. The van der Waals surface area contributed by atoms with Crippen molar-refractivity contribution in [2.75, 3.05) is 5.32 Å². The van der Waals surface area contributed by atoms with E-state index in [1.54, 1.807) is 0 Å². The highest BCUT2D eigenvalue weighted by atomic mass is 35.5. The predicted octanol–water partition coefficient (Wildman–Crippen LogP) is 2.40. The lowest BCUT2D eigenvalue weighted by Gasteiger charge is -2.07. The van der Waals surface area contributed by atoms with Gasteiger partial charge in [0.2, 0.25) is 0 Å². The van der Waals surface area contributed by atoms with Crippen molar-refractivity contribution in [3.63, 3.8) is 0 Å². The number of benzene rings is 1. The Hall–Kier alpha value is -2.27. The summed E-state index contributed by atoms with van der Waals surface area (Å²) in [6, 6.07) is 7.05. The van der Waals surface area contributed by atoms with Crippen molar-refractivity contribution in [1.82, 2.24) is 4.98 Å². The SMILES string of the molecule is O=C(Nc1ncccc1O)c1ccc(Cl)cc1O. The van der Waals surface area contributed by atoms with Crippen molar-refractivity contribution in [2.45, 2.75) is 0 Å². The molecule has 5 nitrogen and oxygen atoms in total. The number of amides is 1. The Bertz CT molecular complexity index is 602. The summed E-state index contributed by atoms with van der Waals surface area (Å²) in [5, 5.41) is 21.7. The van der Waals surface area contributed by atoms with Gasteiger partial charge in [-0.2, -0.15) is 0 Å². The molecule has 0 spiro atoms. The number of halogens is 1. The first-order chi connectivity index (χ1) is 8.58. The van der Waals surface area contributed by atoms with Gasteiger partial charge in [0.05, 0.1) is 5.56 Å². The minimum atomic E-state index is -0.585. The zero-order valence-electron chi connectivity index (χ0n) is 9.09. The number of carbonyl (C=O) groups is 1. The van der Waals surface area contributed by atoms with Gasteiger partial charge in [-0.1, -0.05) is 11.6 Å². The number of anilines is 1. The van der Waals surface area contributed by atoms with Crippen molar-refractivity contribution < 1.29 is 15.0 Å². The number of phenols is 1. The van der Waals surface area contributed by atoms with Crippen LogP contribution >= 0.6 is 11.6 Å². The van der Waals surface area contributed by atoms with Gasteiger partial charge in [-0.3, -0.25) is 4.79 Å². The molecule has 2 rings (SSSR count). The highest BCUT2D eigenvalue weighted by Gasteiger charge is 2.13. The number of nitrogens with zero attached hydrogens (tertiary/aromatic N) is 1. The van der Waals surface area contributed by atoms with Crippen LogP contribution in [-0.2, 0) is 0 Å². The number of aromatic hydroxyl groups is 2. The normalized spacial score (nSPS) is 10.1. The first-order valence-electron chi connectivity index (χ1n) is 5.02. The molecule has 92 valence electrons. The first-order valence-corrected chi connectivity index (χ1v) is 5.39. The summed E-state index contributed by atoms with van der Waals surface area (Å²) in [5.74, 6) is -0.954. The zero-order valence-corrected chi connectivity index (χ0v) is 9.85. The van der Waals surface area contributed by atoms with E-state index < -0.39 is 5.91 Å². The van der Waals surface area contributed by atoms with E-state index in [2.05, 4.69) is 10.3 Å². The van der Waals surface area contributed by atoms with Crippen LogP contribution in [0.3, 0.4) is 0 Å². The molecule has 6 heteroatoms. The topological polar surface area (TPSA) is 82.5 Å². The third-order valence-electron chi connectivity index (χ3n) is 2.22. The van der Waals surface area contributed by atoms with E-state index in [0.29, 0.717) is 5.02 Å². The lowest BCUT2D eigenvalue weighted by molar-refractivity contribution is 0.102. The Morgan fingerprint density at radius 3 is 2.67 bits per heavy atom. The fourth-order valence-electron chi connectivity index (χ4n) is 1.36. The van der Waals surface area contributed by atoms with E-state index in [0.717, 1.165) is 0 Å². The molecule has 0 aliphatic rings. The van der Waals surface area contributed by atoms with E-state index in [4.69, 9.17) is 11.6 Å². The van der Waals surface area contributed by atoms with Crippen LogP contribution in [0.4, 0.5) is 5.82 Å². The van der Waals surface area contributed by atoms with E-state index in [1.807, 2.05) is 0 Å². The van der Waals surface area contributed by atoms with Gasteiger partial charge in [0.15, 0.2) is 11.6 Å². The monoisotopic (exact) mass is 264 g/mol. The van der Waals surface area contributed by atoms with Gasteiger partial charge in [0.25, 0.3) is 5.91 Å². The first kappa shape index (κ1) is 12.2. The number of pyridine rings is 1. The molecular weight excluding hydrogens is 256 g/mol. The summed E-state index contributed by atoms with van der Waals surface area (Å²) in [5.41, 5.74) is 0.0458. The summed E-state index contributed by atoms with van der Waals surface area (Å²) in [6.07, 6.45) is 1.43. The van der Waals surface area contributed by atoms with Crippen LogP contribution < -0.4 is 5.32 Å². The summed E-state index contributed by atoms with van der Waals surface area (Å²) < 4.78 is 0. The number of hydrogen-bond donors (Lipinski definition) is 3. The van der Waals surface area contributed by atoms with Crippen molar-refractivity contribution in [1.29, 1.82) is 0 Å². The van der Waals surface area contributed by atoms with Gasteiger partial charge in [-0.15, -0.1) is 0 Å². The molecule has 2 aromatic rings. The fraction of sp³-hybridized carbons (Fsp3) is 0. The second-order valence-electron chi connectivity index (χ2n) is 3.49. The Morgan fingerprint density at radius 2 is 2.00 bits per heavy atom. The Kier molecular flexibility index (Phi) is 3.34.